The number of nitrogens with zero attached hydrogens (tertiary/aromatic N) is 1. The lowest BCUT2D eigenvalue weighted by molar-refractivity contribution is -0.0470. The van der Waals surface area contributed by atoms with E-state index in [4.69, 9.17) is 0 Å². The molecule has 0 saturated heterocycles. The van der Waals surface area contributed by atoms with E-state index in [9.17, 15) is 5.11 Å². The average molecular weight is 169 g/mol. The number of hydrogen-bond donors (Lipinski definition) is 1. The van der Waals surface area contributed by atoms with Crippen molar-refractivity contribution in [3.63, 3.8) is 0 Å². The van der Waals surface area contributed by atoms with Crippen molar-refractivity contribution in [1.82, 2.24) is 4.90 Å². The molecule has 0 aromatic carbocycles. The van der Waals surface area contributed by atoms with E-state index < -0.39 is 0 Å². The highest BCUT2D eigenvalue weighted by atomic mass is 16.3. The predicted octanol–water partition coefficient (Wildman–Crippen LogP) is 1.10. The second kappa shape index (κ2) is 3.00. The van der Waals surface area contributed by atoms with Crippen molar-refractivity contribution in [2.45, 2.75) is 37.8 Å². The third-order valence-electron chi connectivity index (χ3n) is 3.71. The van der Waals surface area contributed by atoms with Crippen molar-refractivity contribution in [2.75, 3.05) is 14.1 Å². The summed E-state index contributed by atoms with van der Waals surface area (Å²) < 4.78 is 0. The SMILES string of the molecule is CN(C)[C@H]1C[C@H]2CC[C@@H]1[C@@H](O)C2. The smallest absolute Gasteiger partial charge is 0.0586 e. The number of fused-ring (bicyclic) bond motifs is 3. The van der Waals surface area contributed by atoms with Crippen LogP contribution in [0.5, 0.6) is 0 Å². The fourth-order valence-corrected chi connectivity index (χ4v) is 3.03. The van der Waals surface area contributed by atoms with Gasteiger partial charge in [0.15, 0.2) is 0 Å². The summed E-state index contributed by atoms with van der Waals surface area (Å²) in [7, 11) is 4.27. The third-order valence-corrected chi connectivity index (χ3v) is 3.71. The lowest BCUT2D eigenvalue weighted by Gasteiger charge is -2.48. The van der Waals surface area contributed by atoms with Crippen LogP contribution in [0, 0.1) is 11.8 Å². The van der Waals surface area contributed by atoms with Gasteiger partial charge in [-0.1, -0.05) is 0 Å². The molecule has 2 nitrogen and oxygen atoms in total. The summed E-state index contributed by atoms with van der Waals surface area (Å²) in [6, 6.07) is 0.646. The summed E-state index contributed by atoms with van der Waals surface area (Å²) in [5, 5.41) is 9.79. The Hall–Kier alpha value is -0.0800. The fourth-order valence-electron chi connectivity index (χ4n) is 3.03. The van der Waals surface area contributed by atoms with Gasteiger partial charge in [0.05, 0.1) is 6.10 Å². The van der Waals surface area contributed by atoms with Gasteiger partial charge in [0, 0.05) is 12.0 Å². The van der Waals surface area contributed by atoms with E-state index in [1.807, 2.05) is 0 Å². The highest BCUT2D eigenvalue weighted by Gasteiger charge is 2.41. The summed E-state index contributed by atoms with van der Waals surface area (Å²) in [6.07, 6.45) is 4.97. The zero-order valence-corrected chi connectivity index (χ0v) is 8.03. The van der Waals surface area contributed by atoms with Crippen molar-refractivity contribution in [3.8, 4) is 0 Å². The topological polar surface area (TPSA) is 23.5 Å². The molecule has 0 aliphatic heterocycles. The maximum Gasteiger partial charge on any atom is 0.0586 e. The monoisotopic (exact) mass is 169 g/mol. The van der Waals surface area contributed by atoms with Gasteiger partial charge in [0.2, 0.25) is 0 Å². The zero-order chi connectivity index (χ0) is 8.72. The summed E-state index contributed by atoms with van der Waals surface area (Å²) >= 11 is 0. The first-order valence-corrected chi connectivity index (χ1v) is 5.03. The quantitative estimate of drug-likeness (QED) is 0.635. The molecule has 3 aliphatic rings. The summed E-state index contributed by atoms with van der Waals surface area (Å²) in [6.45, 7) is 0. The lowest BCUT2D eigenvalue weighted by atomic mass is 9.66. The first kappa shape index (κ1) is 8.52. The Morgan fingerprint density at radius 2 is 1.92 bits per heavy atom. The molecule has 3 saturated carbocycles. The van der Waals surface area contributed by atoms with Gasteiger partial charge in [-0.2, -0.15) is 0 Å². The number of hydrogen-bond acceptors (Lipinski definition) is 2. The van der Waals surface area contributed by atoms with Crippen LogP contribution in [-0.2, 0) is 0 Å². The molecular formula is C10H19NO. The van der Waals surface area contributed by atoms with Crippen LogP contribution in [0.15, 0.2) is 0 Å². The van der Waals surface area contributed by atoms with Gasteiger partial charge in [-0.25, -0.2) is 0 Å². The van der Waals surface area contributed by atoms with Gasteiger partial charge < -0.3 is 10.0 Å². The van der Waals surface area contributed by atoms with Gasteiger partial charge in [-0.05, 0) is 45.7 Å². The summed E-state index contributed by atoms with van der Waals surface area (Å²) in [5.41, 5.74) is 0. The molecule has 0 unspecified atom stereocenters. The molecule has 2 heteroatoms. The molecular weight excluding hydrogens is 150 g/mol. The minimum Gasteiger partial charge on any atom is -0.393 e. The van der Waals surface area contributed by atoms with Crippen LogP contribution in [0.25, 0.3) is 0 Å². The van der Waals surface area contributed by atoms with E-state index in [0.29, 0.717) is 12.0 Å². The van der Waals surface area contributed by atoms with Crippen molar-refractivity contribution >= 4 is 0 Å². The number of aliphatic hydroxyl groups excluding tert-OH is 1. The fraction of sp³-hybridized carbons (Fsp3) is 1.00. The van der Waals surface area contributed by atoms with Crippen LogP contribution in [0.2, 0.25) is 0 Å². The van der Waals surface area contributed by atoms with E-state index in [0.717, 1.165) is 12.3 Å². The Bertz CT molecular complexity index is 169. The summed E-state index contributed by atoms with van der Waals surface area (Å²) in [5.74, 6) is 1.36. The predicted molar refractivity (Wildman–Crippen MR) is 48.9 cm³/mol. The van der Waals surface area contributed by atoms with E-state index in [1.54, 1.807) is 0 Å². The van der Waals surface area contributed by atoms with E-state index >= 15 is 0 Å². The molecule has 0 amide bonds. The first-order chi connectivity index (χ1) is 5.68. The maximum atomic E-state index is 9.79. The maximum absolute atomic E-state index is 9.79. The normalized spacial score (nSPS) is 47.0. The van der Waals surface area contributed by atoms with Gasteiger partial charge in [0.25, 0.3) is 0 Å². The molecule has 0 radical (unpaired) electrons. The molecule has 0 aromatic heterocycles. The Morgan fingerprint density at radius 1 is 1.17 bits per heavy atom. The molecule has 1 N–H and O–H groups in total. The molecule has 0 heterocycles. The Kier molecular flexibility index (Phi) is 2.13. The van der Waals surface area contributed by atoms with Crippen LogP contribution < -0.4 is 0 Å². The lowest BCUT2D eigenvalue weighted by Crippen LogP contribution is -2.50. The zero-order valence-electron chi connectivity index (χ0n) is 8.03. The molecule has 0 aromatic rings. The van der Waals surface area contributed by atoms with Crippen LogP contribution in [0.4, 0.5) is 0 Å². The van der Waals surface area contributed by atoms with Crippen molar-refractivity contribution in [2.24, 2.45) is 11.8 Å². The van der Waals surface area contributed by atoms with Crippen molar-refractivity contribution in [1.29, 1.82) is 0 Å². The summed E-state index contributed by atoms with van der Waals surface area (Å²) in [4.78, 5) is 2.29. The third kappa shape index (κ3) is 1.27. The highest BCUT2D eigenvalue weighted by Crippen LogP contribution is 2.42. The average Bonchev–Trinajstić information content (AvgIpc) is 2.04. The molecule has 3 fully saturated rings. The second-order valence-electron chi connectivity index (χ2n) is 4.68. The van der Waals surface area contributed by atoms with Gasteiger partial charge in [0.1, 0.15) is 0 Å². The standard InChI is InChI=1S/C10H19NO/c1-11(2)9-5-7-3-4-8(9)10(12)6-7/h7-10,12H,3-6H2,1-2H3/t7-,8+,9+,10+/m1/s1. The number of aliphatic hydroxyl groups is 1. The van der Waals surface area contributed by atoms with Crippen LogP contribution in [0.3, 0.4) is 0 Å². The van der Waals surface area contributed by atoms with E-state index in [1.165, 1.54) is 19.3 Å². The Labute approximate surface area is 74.6 Å². The van der Waals surface area contributed by atoms with Gasteiger partial charge >= 0.3 is 0 Å². The van der Waals surface area contributed by atoms with Gasteiger partial charge in [-0.15, -0.1) is 0 Å². The molecule has 70 valence electrons. The van der Waals surface area contributed by atoms with E-state index in [-0.39, 0.29) is 6.10 Å². The van der Waals surface area contributed by atoms with Crippen LogP contribution >= 0.6 is 0 Å². The largest absolute Gasteiger partial charge is 0.393 e. The minimum atomic E-state index is -0.00935. The highest BCUT2D eigenvalue weighted by molar-refractivity contribution is 4.95. The molecule has 3 aliphatic carbocycles. The molecule has 12 heavy (non-hydrogen) atoms. The Balaban J connectivity index is 2.09. The first-order valence-electron chi connectivity index (χ1n) is 5.03. The molecule has 2 bridgehead atoms. The molecule has 0 spiro atoms. The van der Waals surface area contributed by atoms with Crippen LogP contribution in [-0.4, -0.2) is 36.2 Å². The van der Waals surface area contributed by atoms with Crippen LogP contribution in [0.1, 0.15) is 25.7 Å². The Morgan fingerprint density at radius 3 is 2.33 bits per heavy atom. The second-order valence-corrected chi connectivity index (χ2v) is 4.68. The van der Waals surface area contributed by atoms with Crippen molar-refractivity contribution in [3.05, 3.63) is 0 Å². The molecule has 4 atom stereocenters. The number of rotatable bonds is 1. The minimum absolute atomic E-state index is 0.00935. The van der Waals surface area contributed by atoms with E-state index in [2.05, 4.69) is 19.0 Å². The van der Waals surface area contributed by atoms with Crippen molar-refractivity contribution < 1.29 is 5.11 Å². The molecule has 3 rings (SSSR count). The van der Waals surface area contributed by atoms with Gasteiger partial charge in [-0.3, -0.25) is 0 Å².